The molecule has 1 aliphatic carbocycles. The molecule has 0 atom stereocenters. The lowest BCUT2D eigenvalue weighted by atomic mass is 9.92. The Hall–Kier alpha value is -4.60. The highest BCUT2D eigenvalue weighted by Crippen LogP contribution is 2.29. The number of carbonyl (C=O) groups excluding carboxylic acids is 2. The van der Waals surface area contributed by atoms with Crippen molar-refractivity contribution < 1.29 is 29.0 Å². The lowest BCUT2D eigenvalue weighted by molar-refractivity contribution is -0.115. The summed E-state index contributed by atoms with van der Waals surface area (Å²) in [5.74, 6) is -0.0939. The summed E-state index contributed by atoms with van der Waals surface area (Å²) in [6, 6.07) is 21.9. The van der Waals surface area contributed by atoms with E-state index in [4.69, 9.17) is 32.7 Å². The summed E-state index contributed by atoms with van der Waals surface area (Å²) in [6.07, 6.45) is 4.73. The standard InChI is InChI=1S/C33H29Cl2N3O6/c34-26-5-3-6-27(35)31(26)32(40)37-21-9-11-22(12-10-21)43-23-13-15-24(16-14-23)44-30-17-8-20(19-36-30)18-29(39)38-28-7-2-1-4-25(28)33(41)42/h1-8,13-17,19,21-22H,9-12,18H2,(H,37,40)(H,38,39)(H,41,42). The molecule has 2 amide bonds. The Balaban J connectivity index is 1.06. The SMILES string of the molecule is O=C(Cc1ccc(Oc2ccc(OC3CCC(NC(=O)c4c(Cl)cccc4Cl)CC3)cc2)nc1)Nc1ccccc1C(=O)O. The summed E-state index contributed by atoms with van der Waals surface area (Å²) in [7, 11) is 0. The van der Waals surface area contributed by atoms with E-state index in [0.717, 1.165) is 25.7 Å². The molecule has 1 aromatic heterocycles. The Morgan fingerprint density at radius 2 is 1.52 bits per heavy atom. The van der Waals surface area contributed by atoms with Crippen molar-refractivity contribution in [1.82, 2.24) is 10.3 Å². The van der Waals surface area contributed by atoms with Crippen LogP contribution in [0.3, 0.4) is 0 Å². The monoisotopic (exact) mass is 633 g/mol. The maximum Gasteiger partial charge on any atom is 0.337 e. The predicted octanol–water partition coefficient (Wildman–Crippen LogP) is 7.18. The van der Waals surface area contributed by atoms with E-state index in [-0.39, 0.29) is 41.6 Å². The van der Waals surface area contributed by atoms with Crippen molar-refractivity contribution in [3.05, 3.63) is 112 Å². The van der Waals surface area contributed by atoms with Crippen molar-refractivity contribution in [2.24, 2.45) is 0 Å². The lowest BCUT2D eigenvalue weighted by Crippen LogP contribution is -2.39. The predicted molar refractivity (Wildman–Crippen MR) is 167 cm³/mol. The fourth-order valence-electron chi connectivity index (χ4n) is 4.93. The van der Waals surface area contributed by atoms with E-state index in [1.165, 1.54) is 12.3 Å². The van der Waals surface area contributed by atoms with Gasteiger partial charge in [-0.1, -0.05) is 47.5 Å². The van der Waals surface area contributed by atoms with Gasteiger partial charge in [0.1, 0.15) is 11.5 Å². The smallest absolute Gasteiger partial charge is 0.337 e. The number of rotatable bonds is 10. The van der Waals surface area contributed by atoms with Crippen LogP contribution in [0.5, 0.6) is 17.4 Å². The van der Waals surface area contributed by atoms with Crippen LogP contribution in [0.2, 0.25) is 10.0 Å². The first-order valence-electron chi connectivity index (χ1n) is 14.0. The second kappa shape index (κ2) is 14.2. The van der Waals surface area contributed by atoms with Gasteiger partial charge in [-0.05, 0) is 79.8 Å². The van der Waals surface area contributed by atoms with Crippen LogP contribution in [0, 0.1) is 0 Å². The first-order valence-corrected chi connectivity index (χ1v) is 14.8. The molecule has 1 fully saturated rings. The first-order chi connectivity index (χ1) is 21.2. The Labute approximate surface area is 264 Å². The number of ether oxygens (including phenoxy) is 2. The van der Waals surface area contributed by atoms with Crippen LogP contribution >= 0.6 is 23.2 Å². The van der Waals surface area contributed by atoms with Crippen molar-refractivity contribution >= 4 is 46.7 Å². The molecule has 0 spiro atoms. The molecule has 1 heterocycles. The minimum atomic E-state index is -1.12. The molecule has 11 heteroatoms. The maximum atomic E-state index is 12.7. The number of carboxylic acid groups (broad SMARTS) is 1. The van der Waals surface area contributed by atoms with Crippen LogP contribution in [-0.4, -0.2) is 40.0 Å². The summed E-state index contributed by atoms with van der Waals surface area (Å²) in [5.41, 5.74) is 1.20. The Morgan fingerprint density at radius 1 is 0.841 bits per heavy atom. The number of anilines is 1. The number of hydrogen-bond donors (Lipinski definition) is 3. The van der Waals surface area contributed by atoms with E-state index in [1.54, 1.807) is 60.7 Å². The number of carboxylic acids is 1. The van der Waals surface area contributed by atoms with Crippen molar-refractivity contribution in [2.45, 2.75) is 44.2 Å². The zero-order valence-electron chi connectivity index (χ0n) is 23.5. The van der Waals surface area contributed by atoms with Crippen LogP contribution in [0.1, 0.15) is 52.0 Å². The zero-order valence-corrected chi connectivity index (χ0v) is 25.0. The molecule has 1 saturated carbocycles. The van der Waals surface area contributed by atoms with Crippen LogP contribution in [-0.2, 0) is 11.2 Å². The molecule has 0 radical (unpaired) electrons. The first kappa shape index (κ1) is 30.8. The van der Waals surface area contributed by atoms with Crippen molar-refractivity contribution in [3.63, 3.8) is 0 Å². The molecule has 4 aromatic rings. The van der Waals surface area contributed by atoms with E-state index in [2.05, 4.69) is 15.6 Å². The summed E-state index contributed by atoms with van der Waals surface area (Å²) in [5, 5.41) is 15.6. The number of amides is 2. The van der Waals surface area contributed by atoms with Gasteiger partial charge in [-0.3, -0.25) is 9.59 Å². The van der Waals surface area contributed by atoms with Gasteiger partial charge in [0.05, 0.1) is 39.4 Å². The van der Waals surface area contributed by atoms with Gasteiger partial charge in [0.2, 0.25) is 11.8 Å². The quantitative estimate of drug-likeness (QED) is 0.169. The van der Waals surface area contributed by atoms with Gasteiger partial charge in [0, 0.05) is 18.3 Å². The zero-order chi connectivity index (χ0) is 31.1. The third-order valence-electron chi connectivity index (χ3n) is 7.14. The average molecular weight is 635 g/mol. The summed E-state index contributed by atoms with van der Waals surface area (Å²) in [4.78, 5) is 40.8. The molecule has 3 aromatic carbocycles. The third kappa shape index (κ3) is 8.06. The highest BCUT2D eigenvalue weighted by atomic mass is 35.5. The lowest BCUT2D eigenvalue weighted by Gasteiger charge is -2.29. The Bertz CT molecular complexity index is 1620. The molecule has 0 aliphatic heterocycles. The second-order valence-corrected chi connectivity index (χ2v) is 11.1. The van der Waals surface area contributed by atoms with Gasteiger partial charge >= 0.3 is 5.97 Å². The van der Waals surface area contributed by atoms with Gasteiger partial charge < -0.3 is 25.2 Å². The molecule has 226 valence electrons. The molecule has 44 heavy (non-hydrogen) atoms. The number of hydrogen-bond acceptors (Lipinski definition) is 6. The van der Waals surface area contributed by atoms with Crippen LogP contribution in [0.4, 0.5) is 5.69 Å². The minimum Gasteiger partial charge on any atom is -0.490 e. The van der Waals surface area contributed by atoms with Crippen molar-refractivity contribution in [3.8, 4) is 17.4 Å². The van der Waals surface area contributed by atoms with Crippen LogP contribution in [0.15, 0.2) is 85.1 Å². The second-order valence-electron chi connectivity index (χ2n) is 10.3. The average Bonchev–Trinajstić information content (AvgIpc) is 3.00. The minimum absolute atomic E-state index is 0.0207. The number of halogens is 2. The molecule has 3 N–H and O–H groups in total. The van der Waals surface area contributed by atoms with E-state index in [0.29, 0.717) is 38.6 Å². The highest BCUT2D eigenvalue weighted by molar-refractivity contribution is 6.39. The van der Waals surface area contributed by atoms with Gasteiger partial charge in [0.25, 0.3) is 5.91 Å². The van der Waals surface area contributed by atoms with E-state index >= 15 is 0 Å². The number of para-hydroxylation sites is 1. The van der Waals surface area contributed by atoms with E-state index < -0.39 is 5.97 Å². The third-order valence-corrected chi connectivity index (χ3v) is 7.77. The number of nitrogens with one attached hydrogen (secondary N) is 2. The van der Waals surface area contributed by atoms with Gasteiger partial charge in [-0.25, -0.2) is 9.78 Å². The Morgan fingerprint density at radius 3 is 2.18 bits per heavy atom. The number of nitrogens with zero attached hydrogens (tertiary/aromatic N) is 1. The van der Waals surface area contributed by atoms with E-state index in [9.17, 15) is 19.5 Å². The fourth-order valence-corrected chi connectivity index (χ4v) is 5.50. The van der Waals surface area contributed by atoms with Gasteiger partial charge in [-0.15, -0.1) is 0 Å². The summed E-state index contributed by atoms with van der Waals surface area (Å²) >= 11 is 12.3. The molecule has 0 bridgehead atoms. The van der Waals surface area contributed by atoms with Gasteiger partial charge in [-0.2, -0.15) is 0 Å². The largest absolute Gasteiger partial charge is 0.490 e. The van der Waals surface area contributed by atoms with E-state index in [1.807, 2.05) is 12.1 Å². The molecule has 9 nitrogen and oxygen atoms in total. The van der Waals surface area contributed by atoms with Crippen LogP contribution < -0.4 is 20.1 Å². The number of carbonyl (C=O) groups is 3. The number of benzene rings is 3. The Kier molecular flexibility index (Phi) is 9.99. The normalized spacial score (nSPS) is 16.0. The molecule has 0 unspecified atom stereocenters. The van der Waals surface area contributed by atoms with Crippen molar-refractivity contribution in [2.75, 3.05) is 5.32 Å². The topological polar surface area (TPSA) is 127 Å². The maximum absolute atomic E-state index is 12.7. The molecular formula is C33H29Cl2N3O6. The van der Waals surface area contributed by atoms with Crippen LogP contribution in [0.25, 0.3) is 0 Å². The molecule has 0 saturated heterocycles. The summed E-state index contributed by atoms with van der Waals surface area (Å²) < 4.78 is 12.0. The van der Waals surface area contributed by atoms with Crippen molar-refractivity contribution in [1.29, 1.82) is 0 Å². The number of aromatic carboxylic acids is 1. The summed E-state index contributed by atoms with van der Waals surface area (Å²) in [6.45, 7) is 0. The van der Waals surface area contributed by atoms with Gasteiger partial charge in [0.15, 0.2) is 0 Å². The highest BCUT2D eigenvalue weighted by Gasteiger charge is 2.25. The molecule has 5 rings (SSSR count). The number of aromatic nitrogens is 1. The number of pyridine rings is 1. The molecular weight excluding hydrogens is 605 g/mol. The molecule has 1 aliphatic rings. The fraction of sp³-hybridized carbons (Fsp3) is 0.212.